The van der Waals surface area contributed by atoms with Gasteiger partial charge in [-0.05, 0) is 55.1 Å². The number of benzene rings is 2. The summed E-state index contributed by atoms with van der Waals surface area (Å²) >= 11 is 8.42. The lowest BCUT2D eigenvalue weighted by Gasteiger charge is -2.28. The van der Waals surface area contributed by atoms with Crippen LogP contribution in [-0.4, -0.2) is 135 Å². The lowest BCUT2D eigenvalue weighted by Crippen LogP contribution is -2.60. The highest BCUT2D eigenvalue weighted by molar-refractivity contribution is 7.80. The van der Waals surface area contributed by atoms with E-state index in [0.29, 0.717) is 23.2 Å². The van der Waals surface area contributed by atoms with E-state index in [-0.39, 0.29) is 81.5 Å². The van der Waals surface area contributed by atoms with E-state index >= 15 is 0 Å². The van der Waals surface area contributed by atoms with Crippen molar-refractivity contribution in [3.05, 3.63) is 90.1 Å². The summed E-state index contributed by atoms with van der Waals surface area (Å²) in [6.07, 6.45) is 5.10. The second-order valence-corrected chi connectivity index (χ2v) is 17.3. The quantitative estimate of drug-likeness (QED) is 0.0107. The number of amides is 7. The summed E-state index contributed by atoms with van der Waals surface area (Å²) < 4.78 is 0. The van der Waals surface area contributed by atoms with Gasteiger partial charge in [0.15, 0.2) is 11.9 Å². The first-order valence-electron chi connectivity index (χ1n) is 22.7. The van der Waals surface area contributed by atoms with Crippen LogP contribution >= 0.6 is 25.3 Å². The van der Waals surface area contributed by atoms with E-state index in [9.17, 15) is 33.6 Å². The first-order chi connectivity index (χ1) is 34.0. The molecule has 71 heavy (non-hydrogen) atoms. The van der Waals surface area contributed by atoms with Gasteiger partial charge in [0.1, 0.15) is 36.3 Å². The standard InChI is InChI=1S/C45H65N17O7S2/c46-29(11-6-15-53-44(48)49)38(64)57-32(14-17-70)40(66)61-35(20-27-22-52-24-56-27)43(69)59-33(18-25-8-2-1-3-9-25)41(67)58-31(13-7-16-54-45(50)51)39(65)60-34(42(68)62-36(23-71)37(47)63)19-26-21-55-30-12-5-4-10-28(26)30/h1-5,8-10,12,21-22,24,29,31-36,55,70-71H,6-7,11,13-20,23,46H2,(H2,47,63)(H,52,56)(H,57,64)(H,58,67)(H,59,69)(H,60,65)(H,61,66)(H,62,68)(H4,48,49,53)(H4,50,51,54)/t29-,31+,32+,33-,34+,35+,36+/m1/s1. The normalized spacial score (nSPS) is 14.0. The molecule has 2 aromatic heterocycles. The SMILES string of the molecule is NC(=O)[C@H](CS)NC(=O)[C@H](Cc1c[nH]c2ccccc12)NC(=O)[C@H](CCCN=C(N)N)NC(=O)[C@@H](Cc1ccccc1)NC(=O)[C@H](Cc1cnc[nH]1)NC(=O)[C@H](CCS)NC(=O)[C@H](N)CCCN=C(N)N. The fraction of sp³-hybridized carbons (Fsp3) is 0.422. The molecule has 0 radical (unpaired) electrons. The molecule has 2 aromatic carbocycles. The highest BCUT2D eigenvalue weighted by atomic mass is 32.1. The molecule has 0 aliphatic carbocycles. The highest BCUT2D eigenvalue weighted by Gasteiger charge is 2.34. The Hall–Kier alpha value is -7.32. The summed E-state index contributed by atoms with van der Waals surface area (Å²) in [5, 5.41) is 17.0. The highest BCUT2D eigenvalue weighted by Crippen LogP contribution is 2.20. The second-order valence-electron chi connectivity index (χ2n) is 16.5. The number of fused-ring (bicyclic) bond motifs is 1. The van der Waals surface area contributed by atoms with Gasteiger partial charge in [-0.3, -0.25) is 43.5 Å². The first-order valence-corrected chi connectivity index (χ1v) is 24.0. The van der Waals surface area contributed by atoms with E-state index in [1.54, 1.807) is 36.5 Å². The molecule has 4 aromatic rings. The lowest BCUT2D eigenvalue weighted by molar-refractivity contribution is -0.135. The number of aromatic nitrogens is 3. The van der Waals surface area contributed by atoms with Crippen LogP contribution in [0.15, 0.2) is 83.3 Å². The molecule has 0 fully saturated rings. The van der Waals surface area contributed by atoms with Crippen molar-refractivity contribution in [1.29, 1.82) is 0 Å². The Balaban J connectivity index is 1.63. The van der Waals surface area contributed by atoms with Crippen LogP contribution < -0.4 is 66.3 Å². The molecule has 0 bridgehead atoms. The fourth-order valence-corrected chi connectivity index (χ4v) is 7.81. The summed E-state index contributed by atoms with van der Waals surface area (Å²) in [5.41, 5.74) is 36.0. The molecular formula is C45H65N17O7S2. The van der Waals surface area contributed by atoms with E-state index in [1.807, 2.05) is 24.3 Å². The largest absolute Gasteiger partial charge is 0.370 e. The van der Waals surface area contributed by atoms with Crippen molar-refractivity contribution in [2.24, 2.45) is 44.4 Å². The van der Waals surface area contributed by atoms with Crippen LogP contribution in [0.2, 0.25) is 0 Å². The Kier molecular flexibility index (Phi) is 23.0. The molecule has 7 amide bonds. The van der Waals surface area contributed by atoms with Crippen molar-refractivity contribution in [3.63, 3.8) is 0 Å². The van der Waals surface area contributed by atoms with E-state index < -0.39 is 83.6 Å². The van der Waals surface area contributed by atoms with Gasteiger partial charge in [-0.2, -0.15) is 25.3 Å². The van der Waals surface area contributed by atoms with Gasteiger partial charge in [-0.25, -0.2) is 4.98 Å². The van der Waals surface area contributed by atoms with Gasteiger partial charge in [0.2, 0.25) is 41.4 Å². The molecule has 2 heterocycles. The van der Waals surface area contributed by atoms with Crippen molar-refractivity contribution in [1.82, 2.24) is 46.9 Å². The summed E-state index contributed by atoms with van der Waals surface area (Å²) in [6, 6.07) is 7.40. The summed E-state index contributed by atoms with van der Waals surface area (Å²) in [6.45, 7) is 0.316. The van der Waals surface area contributed by atoms with E-state index in [2.05, 4.69) is 82.1 Å². The van der Waals surface area contributed by atoms with Gasteiger partial charge in [0.25, 0.3) is 0 Å². The van der Waals surface area contributed by atoms with Gasteiger partial charge >= 0.3 is 0 Å². The van der Waals surface area contributed by atoms with Crippen molar-refractivity contribution >= 4 is 89.4 Å². The zero-order valence-electron chi connectivity index (χ0n) is 39.0. The van der Waals surface area contributed by atoms with Gasteiger partial charge in [0.05, 0.1) is 12.4 Å². The maximum Gasteiger partial charge on any atom is 0.243 e. The molecule has 7 atom stereocenters. The minimum absolute atomic E-state index is 0.0426. The number of guanidine groups is 2. The molecule has 0 spiro atoms. The number of carbonyl (C=O) groups excluding carboxylic acids is 7. The third-order valence-electron chi connectivity index (χ3n) is 11.0. The van der Waals surface area contributed by atoms with Crippen LogP contribution in [0.5, 0.6) is 0 Å². The number of rotatable bonds is 30. The van der Waals surface area contributed by atoms with Crippen LogP contribution in [-0.2, 0) is 52.8 Å². The number of hydrogen-bond donors (Lipinski definition) is 16. The summed E-state index contributed by atoms with van der Waals surface area (Å²) in [5.74, 6) is -5.57. The molecule has 0 aliphatic rings. The molecule has 4 rings (SSSR count). The Morgan fingerprint density at radius 1 is 0.577 bits per heavy atom. The van der Waals surface area contributed by atoms with Crippen LogP contribution in [0.4, 0.5) is 0 Å². The number of H-pyrrole nitrogens is 2. The maximum atomic E-state index is 14.6. The van der Waals surface area contributed by atoms with Crippen LogP contribution in [0.1, 0.15) is 48.9 Å². The van der Waals surface area contributed by atoms with Crippen molar-refractivity contribution in [2.45, 2.75) is 93.7 Å². The van der Waals surface area contributed by atoms with Gasteiger partial charge in [-0.1, -0.05) is 48.5 Å². The minimum atomic E-state index is -1.36. The van der Waals surface area contributed by atoms with Crippen LogP contribution in [0.3, 0.4) is 0 Å². The Labute approximate surface area is 421 Å². The Bertz CT molecular complexity index is 2450. The lowest BCUT2D eigenvalue weighted by atomic mass is 10.0. The smallest absolute Gasteiger partial charge is 0.243 e. The van der Waals surface area contributed by atoms with E-state index in [4.69, 9.17) is 34.4 Å². The third-order valence-corrected chi connectivity index (χ3v) is 11.7. The molecule has 24 nitrogen and oxygen atoms in total. The molecule has 0 saturated heterocycles. The van der Waals surface area contributed by atoms with E-state index in [0.717, 1.165) is 10.9 Å². The number of hydrogen-bond acceptors (Lipinski definition) is 13. The fourth-order valence-electron chi connectivity index (χ4n) is 7.28. The zero-order chi connectivity index (χ0) is 51.9. The molecular weight excluding hydrogens is 955 g/mol. The topological polar surface area (TPSA) is 417 Å². The van der Waals surface area contributed by atoms with Crippen molar-refractivity contribution in [3.8, 4) is 0 Å². The van der Waals surface area contributed by atoms with Crippen LogP contribution in [0.25, 0.3) is 10.9 Å². The number of aliphatic imine (C=N–C) groups is 2. The number of para-hydroxylation sites is 1. The second kappa shape index (κ2) is 29.0. The average molecular weight is 1020 g/mol. The minimum Gasteiger partial charge on any atom is -0.370 e. The number of aromatic amines is 2. The number of thiol groups is 2. The Morgan fingerprint density at radius 2 is 1.08 bits per heavy atom. The number of nitrogens with two attached hydrogens (primary N) is 6. The zero-order valence-corrected chi connectivity index (χ0v) is 40.8. The predicted molar refractivity (Wildman–Crippen MR) is 275 cm³/mol. The number of imidazole rings is 1. The molecule has 20 N–H and O–H groups in total. The van der Waals surface area contributed by atoms with Gasteiger partial charge in [0, 0.05) is 67.1 Å². The van der Waals surface area contributed by atoms with Gasteiger partial charge in [-0.15, -0.1) is 0 Å². The molecule has 26 heteroatoms. The maximum absolute atomic E-state index is 14.6. The molecule has 384 valence electrons. The monoisotopic (exact) mass is 1020 g/mol. The summed E-state index contributed by atoms with van der Waals surface area (Å²) in [4.78, 5) is 114. The van der Waals surface area contributed by atoms with E-state index in [1.165, 1.54) is 12.5 Å². The average Bonchev–Trinajstić information content (AvgIpc) is 4.02. The summed E-state index contributed by atoms with van der Waals surface area (Å²) in [7, 11) is 0. The molecule has 0 unspecified atom stereocenters. The number of nitrogens with one attached hydrogen (secondary N) is 8. The van der Waals surface area contributed by atoms with Crippen LogP contribution in [0, 0.1) is 0 Å². The van der Waals surface area contributed by atoms with Crippen molar-refractivity contribution < 1.29 is 33.6 Å². The third kappa shape index (κ3) is 18.8. The number of nitrogens with zero attached hydrogens (tertiary/aromatic N) is 3. The van der Waals surface area contributed by atoms with Crippen molar-refractivity contribution in [2.75, 3.05) is 24.6 Å². The predicted octanol–water partition coefficient (Wildman–Crippen LogP) is -3.00. The molecule has 0 saturated carbocycles. The Morgan fingerprint density at radius 3 is 1.65 bits per heavy atom. The first kappa shape index (κ1) is 56.3. The molecule has 0 aliphatic heterocycles. The van der Waals surface area contributed by atoms with Gasteiger partial charge < -0.3 is 76.3 Å². The number of carbonyl (C=O) groups is 7. The number of primary amides is 1.